The van der Waals surface area contributed by atoms with Gasteiger partial charge >= 0.3 is 0 Å². The number of hydrogen-bond acceptors (Lipinski definition) is 4. The van der Waals surface area contributed by atoms with Crippen LogP contribution in [0, 0.1) is 0 Å². The summed E-state index contributed by atoms with van der Waals surface area (Å²) in [5.74, 6) is 1.15. The molecule has 0 saturated carbocycles. The first kappa shape index (κ1) is 21.3. The second-order valence-electron chi connectivity index (χ2n) is 9.46. The number of amides is 1. The molecule has 2 aromatic carbocycles. The third-order valence-electron chi connectivity index (χ3n) is 6.00. The van der Waals surface area contributed by atoms with E-state index in [0.717, 1.165) is 17.7 Å². The highest BCUT2D eigenvalue weighted by atomic mass is 16.5. The normalized spacial score (nSPS) is 16.8. The third-order valence-corrected chi connectivity index (χ3v) is 6.00. The van der Waals surface area contributed by atoms with Crippen molar-refractivity contribution in [3.63, 3.8) is 0 Å². The number of rotatable bonds is 6. The van der Waals surface area contributed by atoms with Crippen LogP contribution < -0.4 is 4.90 Å². The molecule has 5 heteroatoms. The van der Waals surface area contributed by atoms with Crippen molar-refractivity contribution in [2.75, 3.05) is 11.4 Å². The molecule has 1 amide bonds. The summed E-state index contributed by atoms with van der Waals surface area (Å²) < 4.78 is 5.53. The fraction of sp³-hybridized carbons (Fsp3) is 0.423. The maximum Gasteiger partial charge on any atom is 0.257 e. The maximum atomic E-state index is 12.7. The van der Waals surface area contributed by atoms with Gasteiger partial charge in [-0.1, -0.05) is 63.5 Å². The van der Waals surface area contributed by atoms with Crippen LogP contribution in [-0.2, 0) is 16.6 Å². The van der Waals surface area contributed by atoms with Crippen LogP contribution in [0.5, 0.6) is 0 Å². The number of carbonyl (C=O) groups is 1. The SMILES string of the molecule is CCCCc1ccc(N2CC(c3noc(-c4ccc(C(C)(C)C)cc4)n3)CC2=O)cc1. The van der Waals surface area contributed by atoms with Crippen molar-refractivity contribution in [3.8, 4) is 11.5 Å². The molecule has 1 aliphatic heterocycles. The Balaban J connectivity index is 1.46. The van der Waals surface area contributed by atoms with Gasteiger partial charge in [-0.2, -0.15) is 4.98 Å². The Morgan fingerprint density at radius 1 is 1.06 bits per heavy atom. The highest BCUT2D eigenvalue weighted by molar-refractivity contribution is 5.96. The van der Waals surface area contributed by atoms with E-state index in [0.29, 0.717) is 24.7 Å². The number of anilines is 1. The summed E-state index contributed by atoms with van der Waals surface area (Å²) in [4.78, 5) is 19.1. The summed E-state index contributed by atoms with van der Waals surface area (Å²) in [6, 6.07) is 16.6. The predicted octanol–water partition coefficient (Wildman–Crippen LogP) is 5.90. The highest BCUT2D eigenvalue weighted by Crippen LogP contribution is 2.32. The van der Waals surface area contributed by atoms with E-state index in [1.54, 1.807) is 0 Å². The van der Waals surface area contributed by atoms with Crippen molar-refractivity contribution in [1.82, 2.24) is 10.1 Å². The lowest BCUT2D eigenvalue weighted by Crippen LogP contribution is -2.24. The van der Waals surface area contributed by atoms with Gasteiger partial charge in [-0.15, -0.1) is 0 Å². The Hall–Kier alpha value is -2.95. The van der Waals surface area contributed by atoms with E-state index >= 15 is 0 Å². The highest BCUT2D eigenvalue weighted by Gasteiger charge is 2.34. The summed E-state index contributed by atoms with van der Waals surface area (Å²) in [5, 5.41) is 4.19. The Labute approximate surface area is 184 Å². The Morgan fingerprint density at radius 2 is 1.77 bits per heavy atom. The molecular formula is C26H31N3O2. The molecule has 5 nitrogen and oxygen atoms in total. The Bertz CT molecular complexity index is 1030. The van der Waals surface area contributed by atoms with Crippen LogP contribution >= 0.6 is 0 Å². The molecule has 0 spiro atoms. The van der Waals surface area contributed by atoms with Gasteiger partial charge in [0.15, 0.2) is 5.82 Å². The van der Waals surface area contributed by atoms with E-state index in [9.17, 15) is 4.79 Å². The van der Waals surface area contributed by atoms with Crippen molar-refractivity contribution in [1.29, 1.82) is 0 Å². The molecule has 0 radical (unpaired) electrons. The molecule has 1 aromatic heterocycles. The summed E-state index contributed by atoms with van der Waals surface area (Å²) in [7, 11) is 0. The van der Waals surface area contributed by atoms with Gasteiger partial charge in [0.2, 0.25) is 5.91 Å². The summed E-state index contributed by atoms with van der Waals surface area (Å²) in [5.41, 5.74) is 4.51. The van der Waals surface area contributed by atoms with Crippen molar-refractivity contribution in [2.45, 2.75) is 64.7 Å². The molecule has 1 unspecified atom stereocenters. The molecule has 4 rings (SSSR count). The molecule has 0 N–H and O–H groups in total. The van der Waals surface area contributed by atoms with Gasteiger partial charge in [0.25, 0.3) is 5.89 Å². The first-order chi connectivity index (χ1) is 14.8. The predicted molar refractivity (Wildman–Crippen MR) is 123 cm³/mol. The molecule has 1 fully saturated rings. The van der Waals surface area contributed by atoms with Crippen LogP contribution in [0.4, 0.5) is 5.69 Å². The quantitative estimate of drug-likeness (QED) is 0.501. The molecular weight excluding hydrogens is 386 g/mol. The molecule has 31 heavy (non-hydrogen) atoms. The van der Waals surface area contributed by atoms with Crippen molar-refractivity contribution in [3.05, 3.63) is 65.5 Å². The minimum atomic E-state index is -0.0568. The first-order valence-corrected chi connectivity index (χ1v) is 11.2. The van der Waals surface area contributed by atoms with E-state index in [1.165, 1.54) is 24.0 Å². The second-order valence-corrected chi connectivity index (χ2v) is 9.46. The Morgan fingerprint density at radius 3 is 2.42 bits per heavy atom. The van der Waals surface area contributed by atoms with Crippen LogP contribution in [-0.4, -0.2) is 22.6 Å². The van der Waals surface area contributed by atoms with E-state index in [2.05, 4.69) is 62.1 Å². The van der Waals surface area contributed by atoms with Crippen molar-refractivity contribution >= 4 is 11.6 Å². The molecule has 1 atom stereocenters. The zero-order valence-corrected chi connectivity index (χ0v) is 18.9. The number of aromatic nitrogens is 2. The number of benzene rings is 2. The lowest BCUT2D eigenvalue weighted by Gasteiger charge is -2.18. The van der Waals surface area contributed by atoms with E-state index in [-0.39, 0.29) is 17.2 Å². The van der Waals surface area contributed by atoms with Gasteiger partial charge in [0.05, 0.1) is 0 Å². The smallest absolute Gasteiger partial charge is 0.257 e. The van der Waals surface area contributed by atoms with Gasteiger partial charge < -0.3 is 9.42 Å². The van der Waals surface area contributed by atoms with Crippen molar-refractivity contribution in [2.24, 2.45) is 0 Å². The number of aryl methyl sites for hydroxylation is 1. The molecule has 0 aliphatic carbocycles. The molecule has 1 saturated heterocycles. The maximum absolute atomic E-state index is 12.7. The molecule has 2 heterocycles. The Kier molecular flexibility index (Phi) is 5.94. The molecule has 162 valence electrons. The first-order valence-electron chi connectivity index (χ1n) is 11.2. The zero-order chi connectivity index (χ0) is 22.0. The van der Waals surface area contributed by atoms with Crippen LogP contribution in [0.3, 0.4) is 0 Å². The number of nitrogens with zero attached hydrogens (tertiary/aromatic N) is 3. The minimum absolute atomic E-state index is 0.0568. The van der Waals surface area contributed by atoms with Crippen LogP contribution in [0.15, 0.2) is 53.1 Å². The third kappa shape index (κ3) is 4.71. The topological polar surface area (TPSA) is 59.2 Å². The molecule has 3 aromatic rings. The van der Waals surface area contributed by atoms with Crippen LogP contribution in [0.25, 0.3) is 11.5 Å². The van der Waals surface area contributed by atoms with E-state index < -0.39 is 0 Å². The summed E-state index contributed by atoms with van der Waals surface area (Å²) in [6.07, 6.45) is 3.85. The van der Waals surface area contributed by atoms with Gasteiger partial charge in [0.1, 0.15) is 0 Å². The zero-order valence-electron chi connectivity index (χ0n) is 18.9. The van der Waals surface area contributed by atoms with Gasteiger partial charge in [-0.25, -0.2) is 0 Å². The lowest BCUT2D eigenvalue weighted by molar-refractivity contribution is -0.117. The molecule has 0 bridgehead atoms. The monoisotopic (exact) mass is 417 g/mol. The largest absolute Gasteiger partial charge is 0.334 e. The fourth-order valence-corrected chi connectivity index (χ4v) is 3.98. The van der Waals surface area contributed by atoms with E-state index in [1.807, 2.05) is 29.2 Å². The van der Waals surface area contributed by atoms with Crippen LogP contribution in [0.1, 0.15) is 69.8 Å². The minimum Gasteiger partial charge on any atom is -0.334 e. The summed E-state index contributed by atoms with van der Waals surface area (Å²) in [6.45, 7) is 9.34. The average molecular weight is 418 g/mol. The lowest BCUT2D eigenvalue weighted by atomic mass is 9.87. The fourth-order valence-electron chi connectivity index (χ4n) is 3.98. The average Bonchev–Trinajstić information content (AvgIpc) is 3.39. The van der Waals surface area contributed by atoms with Crippen LogP contribution in [0.2, 0.25) is 0 Å². The molecule has 1 aliphatic rings. The van der Waals surface area contributed by atoms with Gasteiger partial charge in [0, 0.05) is 30.1 Å². The standard InChI is InChI=1S/C26H31N3O2/c1-5-6-7-18-8-14-22(15-9-18)29-17-20(16-23(29)30)24-27-25(31-28-24)19-10-12-21(13-11-19)26(2,3)4/h8-15,20H,5-7,16-17H2,1-4H3. The number of hydrogen-bond donors (Lipinski definition) is 0. The summed E-state index contributed by atoms with van der Waals surface area (Å²) >= 11 is 0. The number of unbranched alkanes of at least 4 members (excludes halogenated alkanes) is 1. The van der Waals surface area contributed by atoms with Gasteiger partial charge in [-0.3, -0.25) is 4.79 Å². The van der Waals surface area contributed by atoms with E-state index in [4.69, 9.17) is 4.52 Å². The van der Waals surface area contributed by atoms with Crippen molar-refractivity contribution < 1.29 is 9.32 Å². The second kappa shape index (κ2) is 8.66. The van der Waals surface area contributed by atoms with Gasteiger partial charge in [-0.05, 0) is 53.6 Å². The number of carbonyl (C=O) groups excluding carboxylic acids is 1.